The number of hydrogen-bond donors (Lipinski definition) is 1. The lowest BCUT2D eigenvalue weighted by atomic mass is 10.0. The zero-order chi connectivity index (χ0) is 15.1. The second kappa shape index (κ2) is 7.84. The van der Waals surface area contributed by atoms with Gasteiger partial charge in [0.1, 0.15) is 5.75 Å². The van der Waals surface area contributed by atoms with Crippen LogP contribution in [0.4, 0.5) is 0 Å². The second-order valence-electron chi connectivity index (χ2n) is 5.26. The van der Waals surface area contributed by atoms with E-state index >= 15 is 0 Å². The van der Waals surface area contributed by atoms with Crippen molar-refractivity contribution in [2.75, 3.05) is 6.61 Å². The van der Waals surface area contributed by atoms with Crippen LogP contribution < -0.4 is 10.1 Å². The van der Waals surface area contributed by atoms with E-state index in [1.165, 1.54) is 11.1 Å². The summed E-state index contributed by atoms with van der Waals surface area (Å²) in [5, 5.41) is 3.71. The van der Waals surface area contributed by atoms with Crippen LogP contribution in [0.5, 0.6) is 5.75 Å². The van der Waals surface area contributed by atoms with Crippen molar-refractivity contribution in [1.82, 2.24) is 5.32 Å². The molecule has 0 spiro atoms. The van der Waals surface area contributed by atoms with Crippen LogP contribution in [0.25, 0.3) is 0 Å². The van der Waals surface area contributed by atoms with Crippen molar-refractivity contribution in [3.63, 3.8) is 0 Å². The Morgan fingerprint density at radius 1 is 0.905 bits per heavy atom. The van der Waals surface area contributed by atoms with Gasteiger partial charge in [-0.3, -0.25) is 0 Å². The van der Waals surface area contributed by atoms with Gasteiger partial charge in [-0.15, -0.1) is 0 Å². The summed E-state index contributed by atoms with van der Waals surface area (Å²) in [6.45, 7) is 7.14. The van der Waals surface area contributed by atoms with Crippen LogP contribution in [0.3, 0.4) is 0 Å². The third-order valence-corrected chi connectivity index (χ3v) is 3.75. The minimum absolute atomic E-state index is 0.311. The highest BCUT2D eigenvalue weighted by Crippen LogP contribution is 2.23. The van der Waals surface area contributed by atoms with Crippen molar-refractivity contribution in [3.8, 4) is 5.75 Å². The Morgan fingerprint density at radius 2 is 1.57 bits per heavy atom. The van der Waals surface area contributed by atoms with Gasteiger partial charge in [-0.25, -0.2) is 0 Å². The molecule has 0 amide bonds. The Kier molecular flexibility index (Phi) is 5.82. The zero-order valence-corrected chi connectivity index (χ0v) is 13.2. The van der Waals surface area contributed by atoms with Crippen LogP contribution in [0.15, 0.2) is 54.6 Å². The predicted octanol–water partition coefficient (Wildman–Crippen LogP) is 4.89. The van der Waals surface area contributed by atoms with Crippen molar-refractivity contribution >= 4 is 0 Å². The summed E-state index contributed by atoms with van der Waals surface area (Å²) in [5.41, 5.74) is 2.63. The van der Waals surface area contributed by atoms with Gasteiger partial charge in [0, 0.05) is 12.1 Å². The quantitative estimate of drug-likeness (QED) is 0.781. The summed E-state index contributed by atoms with van der Waals surface area (Å²) in [4.78, 5) is 0. The van der Waals surface area contributed by atoms with Gasteiger partial charge in [0.05, 0.1) is 6.61 Å². The zero-order valence-electron chi connectivity index (χ0n) is 13.2. The third kappa shape index (κ3) is 4.33. The molecule has 112 valence electrons. The smallest absolute Gasteiger partial charge is 0.119 e. The van der Waals surface area contributed by atoms with Gasteiger partial charge in [-0.2, -0.15) is 0 Å². The summed E-state index contributed by atoms with van der Waals surface area (Å²) in [6, 6.07) is 19.7. The van der Waals surface area contributed by atoms with Crippen LogP contribution in [-0.2, 0) is 0 Å². The minimum Gasteiger partial charge on any atom is -0.494 e. The molecule has 0 bridgehead atoms. The molecule has 0 aromatic heterocycles. The molecule has 0 heterocycles. The standard InChI is InChI=1S/C19H25NO/c1-4-19(17-9-7-6-8-10-17)20-15(3)16-11-13-18(14-12-16)21-5-2/h6-15,19-20H,4-5H2,1-3H3. The van der Waals surface area contributed by atoms with E-state index in [0.29, 0.717) is 18.7 Å². The fourth-order valence-corrected chi connectivity index (χ4v) is 2.55. The van der Waals surface area contributed by atoms with Gasteiger partial charge in [-0.05, 0) is 43.5 Å². The Hall–Kier alpha value is -1.80. The molecule has 2 aromatic carbocycles. The van der Waals surface area contributed by atoms with Gasteiger partial charge in [0.25, 0.3) is 0 Å². The molecule has 2 unspecified atom stereocenters. The van der Waals surface area contributed by atoms with E-state index in [0.717, 1.165) is 12.2 Å². The summed E-state index contributed by atoms with van der Waals surface area (Å²) >= 11 is 0. The molecule has 2 rings (SSSR count). The first-order valence-corrected chi connectivity index (χ1v) is 7.78. The second-order valence-corrected chi connectivity index (χ2v) is 5.26. The molecular formula is C19H25NO. The SMILES string of the molecule is CCOc1ccc(C(C)NC(CC)c2ccccc2)cc1. The van der Waals surface area contributed by atoms with E-state index in [1.54, 1.807) is 0 Å². The summed E-state index contributed by atoms with van der Waals surface area (Å²) in [5.74, 6) is 0.934. The number of nitrogens with one attached hydrogen (secondary N) is 1. The number of rotatable bonds is 7. The van der Waals surface area contributed by atoms with E-state index in [9.17, 15) is 0 Å². The lowest BCUT2D eigenvalue weighted by Crippen LogP contribution is -2.24. The highest BCUT2D eigenvalue weighted by molar-refractivity contribution is 5.29. The van der Waals surface area contributed by atoms with Crippen LogP contribution in [0.2, 0.25) is 0 Å². The lowest BCUT2D eigenvalue weighted by Gasteiger charge is -2.23. The summed E-state index contributed by atoms with van der Waals surface area (Å²) in [6.07, 6.45) is 1.07. The highest BCUT2D eigenvalue weighted by Gasteiger charge is 2.13. The van der Waals surface area contributed by atoms with Gasteiger partial charge < -0.3 is 10.1 Å². The predicted molar refractivity (Wildman–Crippen MR) is 88.6 cm³/mol. The Bertz CT molecular complexity index is 521. The topological polar surface area (TPSA) is 21.3 Å². The van der Waals surface area contributed by atoms with E-state index in [-0.39, 0.29) is 0 Å². The molecule has 0 aliphatic heterocycles. The molecule has 2 atom stereocenters. The fraction of sp³-hybridized carbons (Fsp3) is 0.368. The molecule has 0 saturated heterocycles. The first-order chi connectivity index (χ1) is 10.2. The molecule has 21 heavy (non-hydrogen) atoms. The van der Waals surface area contributed by atoms with Crippen molar-refractivity contribution in [2.45, 2.75) is 39.3 Å². The summed E-state index contributed by atoms with van der Waals surface area (Å²) < 4.78 is 5.49. The van der Waals surface area contributed by atoms with Crippen LogP contribution in [0, 0.1) is 0 Å². The average molecular weight is 283 g/mol. The normalized spacial score (nSPS) is 13.7. The first-order valence-electron chi connectivity index (χ1n) is 7.78. The molecule has 0 radical (unpaired) electrons. The van der Waals surface area contributed by atoms with Crippen molar-refractivity contribution in [3.05, 3.63) is 65.7 Å². The fourth-order valence-electron chi connectivity index (χ4n) is 2.55. The van der Waals surface area contributed by atoms with Crippen molar-refractivity contribution < 1.29 is 4.74 Å². The summed E-state index contributed by atoms with van der Waals surface area (Å²) in [7, 11) is 0. The van der Waals surface area contributed by atoms with Crippen LogP contribution >= 0.6 is 0 Å². The number of benzene rings is 2. The van der Waals surface area contributed by atoms with E-state index < -0.39 is 0 Å². The van der Waals surface area contributed by atoms with Crippen molar-refractivity contribution in [2.24, 2.45) is 0 Å². The molecular weight excluding hydrogens is 258 g/mol. The Morgan fingerprint density at radius 3 is 2.14 bits per heavy atom. The molecule has 0 aliphatic rings. The molecule has 2 heteroatoms. The van der Waals surface area contributed by atoms with Gasteiger partial charge >= 0.3 is 0 Å². The maximum Gasteiger partial charge on any atom is 0.119 e. The molecule has 1 N–H and O–H groups in total. The van der Waals surface area contributed by atoms with Crippen molar-refractivity contribution in [1.29, 1.82) is 0 Å². The average Bonchev–Trinajstić information content (AvgIpc) is 2.54. The maximum atomic E-state index is 5.49. The van der Waals surface area contributed by atoms with Crippen LogP contribution in [-0.4, -0.2) is 6.61 Å². The van der Waals surface area contributed by atoms with Gasteiger partial charge in [-0.1, -0.05) is 49.4 Å². The Balaban J connectivity index is 2.03. The van der Waals surface area contributed by atoms with Gasteiger partial charge in [0.15, 0.2) is 0 Å². The van der Waals surface area contributed by atoms with E-state index in [2.05, 4.69) is 61.6 Å². The molecule has 2 aromatic rings. The molecule has 0 saturated carbocycles. The van der Waals surface area contributed by atoms with Crippen LogP contribution in [0.1, 0.15) is 50.4 Å². The minimum atomic E-state index is 0.311. The molecule has 0 aliphatic carbocycles. The number of hydrogen-bond acceptors (Lipinski definition) is 2. The lowest BCUT2D eigenvalue weighted by molar-refractivity contribution is 0.340. The molecule has 0 fully saturated rings. The highest BCUT2D eigenvalue weighted by atomic mass is 16.5. The van der Waals surface area contributed by atoms with Gasteiger partial charge in [0.2, 0.25) is 0 Å². The molecule has 2 nitrogen and oxygen atoms in total. The third-order valence-electron chi connectivity index (χ3n) is 3.75. The first kappa shape index (κ1) is 15.6. The number of ether oxygens (including phenoxy) is 1. The Labute approximate surface area is 128 Å². The van der Waals surface area contributed by atoms with E-state index in [4.69, 9.17) is 4.74 Å². The largest absolute Gasteiger partial charge is 0.494 e. The maximum absolute atomic E-state index is 5.49. The monoisotopic (exact) mass is 283 g/mol. The van der Waals surface area contributed by atoms with E-state index in [1.807, 2.05) is 19.1 Å².